The van der Waals surface area contributed by atoms with Gasteiger partial charge in [-0.05, 0) is 6.42 Å². The Morgan fingerprint density at radius 2 is 2.17 bits per heavy atom. The molecule has 0 spiro atoms. The van der Waals surface area contributed by atoms with Crippen LogP contribution < -0.4 is 4.57 Å². The Bertz CT molecular complexity index is 443. The fourth-order valence-corrected chi connectivity index (χ4v) is 1.95. The molecular weight excluding hydrogens is 260 g/mol. The van der Waals surface area contributed by atoms with E-state index in [-0.39, 0.29) is 12.4 Å². The summed E-state index contributed by atoms with van der Waals surface area (Å²) in [7, 11) is -4.12. The van der Waals surface area contributed by atoms with E-state index in [4.69, 9.17) is 9.84 Å². The van der Waals surface area contributed by atoms with E-state index in [1.165, 1.54) is 0 Å². The fourth-order valence-electron chi connectivity index (χ4n) is 1.46. The first-order valence-electron chi connectivity index (χ1n) is 5.68. The maximum absolute atomic E-state index is 10.4. The average Bonchev–Trinajstić information content (AvgIpc) is 2.71. The molecule has 8 heteroatoms. The van der Waals surface area contributed by atoms with Gasteiger partial charge in [-0.1, -0.05) is 0 Å². The molecule has 0 aliphatic rings. The standard InChI is InChI=1S/C10H18N2O5S/c13-6-8-17-7-5-12-4-3-11(10-12)2-1-9-18(14,15)16/h3-4,10,13H,1-2,5-9H2. The van der Waals surface area contributed by atoms with E-state index in [1.807, 2.05) is 27.9 Å². The number of ether oxygens (including phenoxy) is 1. The molecule has 0 bridgehead atoms. The van der Waals surface area contributed by atoms with Crippen molar-refractivity contribution in [1.29, 1.82) is 0 Å². The Hall–Kier alpha value is -0.960. The highest BCUT2D eigenvalue weighted by atomic mass is 32.2. The molecule has 104 valence electrons. The third-order valence-corrected chi connectivity index (χ3v) is 3.08. The second-order valence-corrected chi connectivity index (χ2v) is 5.36. The molecule has 1 rings (SSSR count). The molecule has 0 fully saturated rings. The number of hydrogen-bond acceptors (Lipinski definition) is 5. The second-order valence-electron chi connectivity index (χ2n) is 3.84. The molecule has 1 aromatic rings. The minimum Gasteiger partial charge on any atom is -0.748 e. The summed E-state index contributed by atoms with van der Waals surface area (Å²) in [6.45, 7) is 1.99. The van der Waals surface area contributed by atoms with Crippen LogP contribution in [0.5, 0.6) is 0 Å². The molecule has 0 atom stereocenters. The normalized spacial score (nSPS) is 11.9. The fraction of sp³-hybridized carbons (Fsp3) is 0.700. The number of aryl methyl sites for hydroxylation is 1. The van der Waals surface area contributed by atoms with Gasteiger partial charge in [0.1, 0.15) is 18.9 Å². The molecule has 1 aromatic heterocycles. The molecule has 0 amide bonds. The Balaban J connectivity index is 2.26. The van der Waals surface area contributed by atoms with Gasteiger partial charge in [-0.15, -0.1) is 0 Å². The lowest BCUT2D eigenvalue weighted by molar-refractivity contribution is -0.696. The third-order valence-electron chi connectivity index (χ3n) is 2.29. The number of aromatic nitrogens is 2. The van der Waals surface area contributed by atoms with Crippen molar-refractivity contribution >= 4 is 10.1 Å². The first kappa shape index (κ1) is 15.1. The highest BCUT2D eigenvalue weighted by molar-refractivity contribution is 7.85. The van der Waals surface area contributed by atoms with Crippen molar-refractivity contribution < 1.29 is 27.4 Å². The van der Waals surface area contributed by atoms with E-state index in [2.05, 4.69) is 0 Å². The van der Waals surface area contributed by atoms with Gasteiger partial charge in [0.05, 0.1) is 36.5 Å². The summed E-state index contributed by atoms with van der Waals surface area (Å²) in [6.07, 6.45) is 5.78. The van der Waals surface area contributed by atoms with Gasteiger partial charge >= 0.3 is 0 Å². The molecular formula is C10H18N2O5S. The van der Waals surface area contributed by atoms with Crippen molar-refractivity contribution in [3.05, 3.63) is 18.7 Å². The van der Waals surface area contributed by atoms with Crippen LogP contribution in [-0.4, -0.2) is 48.2 Å². The molecule has 0 radical (unpaired) electrons. The monoisotopic (exact) mass is 278 g/mol. The van der Waals surface area contributed by atoms with Crippen molar-refractivity contribution in [2.45, 2.75) is 19.5 Å². The van der Waals surface area contributed by atoms with Crippen LogP contribution in [0, 0.1) is 0 Å². The van der Waals surface area contributed by atoms with Crippen LogP contribution in [0.15, 0.2) is 18.7 Å². The van der Waals surface area contributed by atoms with Crippen LogP contribution in [0.4, 0.5) is 0 Å². The molecule has 0 aliphatic heterocycles. The Morgan fingerprint density at radius 1 is 1.39 bits per heavy atom. The van der Waals surface area contributed by atoms with Gasteiger partial charge in [0.25, 0.3) is 0 Å². The zero-order valence-corrected chi connectivity index (χ0v) is 10.9. The van der Waals surface area contributed by atoms with Crippen molar-refractivity contribution in [3.63, 3.8) is 0 Å². The molecule has 1 heterocycles. The van der Waals surface area contributed by atoms with Crippen LogP contribution in [-0.2, 0) is 27.9 Å². The summed E-state index contributed by atoms with van der Waals surface area (Å²) in [5, 5.41) is 8.52. The third kappa shape index (κ3) is 6.70. The number of hydrogen-bond donors (Lipinski definition) is 1. The van der Waals surface area contributed by atoms with Gasteiger partial charge in [-0.25, -0.2) is 17.6 Å². The Kier molecular flexibility index (Phi) is 6.27. The quantitative estimate of drug-likeness (QED) is 0.345. The van der Waals surface area contributed by atoms with Crippen LogP contribution in [0.3, 0.4) is 0 Å². The molecule has 0 aromatic carbocycles. The molecule has 18 heavy (non-hydrogen) atoms. The SMILES string of the molecule is O=S(=O)([O-])CCC[n+]1ccn(CCOCCO)c1. The Labute approximate surface area is 106 Å². The van der Waals surface area contributed by atoms with Crippen molar-refractivity contribution in [3.8, 4) is 0 Å². The van der Waals surface area contributed by atoms with E-state index in [1.54, 1.807) is 0 Å². The Morgan fingerprint density at radius 3 is 2.83 bits per heavy atom. The zero-order chi connectivity index (χ0) is 13.4. The lowest BCUT2D eigenvalue weighted by Gasteiger charge is -2.04. The van der Waals surface area contributed by atoms with Gasteiger partial charge in [0.2, 0.25) is 6.33 Å². The lowest BCUT2D eigenvalue weighted by Crippen LogP contribution is -2.32. The van der Waals surface area contributed by atoms with Gasteiger partial charge in [-0.3, -0.25) is 0 Å². The summed E-state index contributed by atoms with van der Waals surface area (Å²) in [5.74, 6) is -0.342. The van der Waals surface area contributed by atoms with Gasteiger partial charge in [-0.2, -0.15) is 0 Å². The maximum Gasteiger partial charge on any atom is 0.243 e. The first-order valence-corrected chi connectivity index (χ1v) is 7.26. The van der Waals surface area contributed by atoms with Crippen LogP contribution >= 0.6 is 0 Å². The molecule has 1 N–H and O–H groups in total. The number of rotatable bonds is 9. The van der Waals surface area contributed by atoms with E-state index in [9.17, 15) is 13.0 Å². The van der Waals surface area contributed by atoms with Crippen LogP contribution in [0.25, 0.3) is 0 Å². The van der Waals surface area contributed by atoms with Crippen molar-refractivity contribution in [1.82, 2.24) is 4.57 Å². The molecule has 0 saturated carbocycles. The van der Waals surface area contributed by atoms with Crippen LogP contribution in [0.1, 0.15) is 6.42 Å². The zero-order valence-electron chi connectivity index (χ0n) is 10.1. The summed E-state index contributed by atoms with van der Waals surface area (Å²) in [5.41, 5.74) is 0. The van der Waals surface area contributed by atoms with Crippen molar-refractivity contribution in [2.75, 3.05) is 25.6 Å². The molecule has 0 aliphatic carbocycles. The smallest absolute Gasteiger partial charge is 0.243 e. The number of aliphatic hydroxyl groups is 1. The van der Waals surface area contributed by atoms with E-state index in [0.717, 1.165) is 0 Å². The minimum absolute atomic E-state index is 0.00927. The topological polar surface area (TPSA) is 95.5 Å². The van der Waals surface area contributed by atoms with Crippen LogP contribution in [0.2, 0.25) is 0 Å². The predicted molar refractivity (Wildman–Crippen MR) is 61.7 cm³/mol. The summed E-state index contributed by atoms with van der Waals surface area (Å²) in [6, 6.07) is 0. The largest absolute Gasteiger partial charge is 0.748 e. The molecule has 0 unspecified atom stereocenters. The van der Waals surface area contributed by atoms with Crippen molar-refractivity contribution in [2.24, 2.45) is 0 Å². The lowest BCUT2D eigenvalue weighted by atomic mass is 10.5. The average molecular weight is 278 g/mol. The second kappa shape index (κ2) is 7.47. The van der Waals surface area contributed by atoms with E-state index >= 15 is 0 Å². The number of aliphatic hydroxyl groups excluding tert-OH is 1. The summed E-state index contributed by atoms with van der Waals surface area (Å²) >= 11 is 0. The predicted octanol–water partition coefficient (Wildman–Crippen LogP) is -1.28. The van der Waals surface area contributed by atoms with E-state index < -0.39 is 10.1 Å². The summed E-state index contributed by atoms with van der Waals surface area (Å²) in [4.78, 5) is 0. The molecule has 0 saturated heterocycles. The minimum atomic E-state index is -4.12. The van der Waals surface area contributed by atoms with E-state index in [0.29, 0.717) is 32.7 Å². The molecule has 7 nitrogen and oxygen atoms in total. The summed E-state index contributed by atoms with van der Waals surface area (Å²) < 4.78 is 40.1. The van der Waals surface area contributed by atoms with Gasteiger partial charge in [0.15, 0.2) is 0 Å². The number of nitrogens with zero attached hydrogens (tertiary/aromatic N) is 2. The highest BCUT2D eigenvalue weighted by Gasteiger charge is 2.04. The maximum atomic E-state index is 10.4. The van der Waals surface area contributed by atoms with Gasteiger partial charge in [0, 0.05) is 5.75 Å². The highest BCUT2D eigenvalue weighted by Crippen LogP contribution is 1.90. The number of imidazole rings is 1. The van der Waals surface area contributed by atoms with Gasteiger partial charge < -0.3 is 14.4 Å². The first-order chi connectivity index (χ1) is 8.51.